The predicted octanol–water partition coefficient (Wildman–Crippen LogP) is 4.02. The molecule has 2 N–H and O–H groups in total. The Morgan fingerprint density at radius 3 is 2.62 bits per heavy atom. The monoisotopic (exact) mass is 371 g/mol. The second-order valence-corrected chi connectivity index (χ2v) is 5.93. The lowest BCUT2D eigenvalue weighted by molar-refractivity contribution is -0.114. The first-order valence-electron chi connectivity index (χ1n) is 7.60. The van der Waals surface area contributed by atoms with E-state index in [1.807, 2.05) is 0 Å². The summed E-state index contributed by atoms with van der Waals surface area (Å²) in [4.78, 5) is 31.4. The number of rotatable bonds is 4. The SMILES string of the molecule is CC(=O)Nc1cnc(C)c(-c2nc(-c3ccccc3Cl)c(C(=O)O)o2)c1. The lowest BCUT2D eigenvalue weighted by atomic mass is 10.1. The molecule has 2 aromatic heterocycles. The van der Waals surface area contributed by atoms with Crippen molar-refractivity contribution in [2.24, 2.45) is 0 Å². The van der Waals surface area contributed by atoms with Gasteiger partial charge in [-0.3, -0.25) is 9.78 Å². The molecule has 1 aromatic carbocycles. The number of aromatic carboxylic acids is 1. The number of hydrogen-bond acceptors (Lipinski definition) is 5. The molecule has 3 rings (SSSR count). The molecule has 0 spiro atoms. The summed E-state index contributed by atoms with van der Waals surface area (Å²) in [5.74, 6) is -1.76. The number of aryl methyl sites for hydroxylation is 1. The minimum atomic E-state index is -1.26. The van der Waals surface area contributed by atoms with Gasteiger partial charge in [0.05, 0.1) is 28.2 Å². The number of halogens is 1. The minimum absolute atomic E-state index is 0.0783. The van der Waals surface area contributed by atoms with Crippen molar-refractivity contribution in [2.75, 3.05) is 5.32 Å². The molecule has 0 aliphatic heterocycles. The van der Waals surface area contributed by atoms with Crippen molar-refractivity contribution in [3.05, 3.63) is 53.0 Å². The van der Waals surface area contributed by atoms with Crippen LogP contribution in [0, 0.1) is 6.92 Å². The first-order valence-corrected chi connectivity index (χ1v) is 7.98. The minimum Gasteiger partial charge on any atom is -0.475 e. The third-order valence-electron chi connectivity index (χ3n) is 3.59. The lowest BCUT2D eigenvalue weighted by Crippen LogP contribution is -2.06. The fourth-order valence-electron chi connectivity index (χ4n) is 2.44. The summed E-state index contributed by atoms with van der Waals surface area (Å²) in [5.41, 5.74) is 2.07. The van der Waals surface area contributed by atoms with E-state index in [9.17, 15) is 14.7 Å². The molecule has 0 aliphatic rings. The highest BCUT2D eigenvalue weighted by molar-refractivity contribution is 6.33. The zero-order valence-electron chi connectivity index (χ0n) is 13.9. The van der Waals surface area contributed by atoms with Crippen LogP contribution >= 0.6 is 11.6 Å². The summed E-state index contributed by atoms with van der Waals surface area (Å²) in [6, 6.07) is 8.39. The summed E-state index contributed by atoms with van der Waals surface area (Å²) < 4.78 is 5.49. The van der Waals surface area contributed by atoms with Crippen LogP contribution in [0.25, 0.3) is 22.7 Å². The van der Waals surface area contributed by atoms with Crippen LogP contribution in [0.5, 0.6) is 0 Å². The maximum Gasteiger partial charge on any atom is 0.374 e. The van der Waals surface area contributed by atoms with E-state index in [2.05, 4.69) is 15.3 Å². The van der Waals surface area contributed by atoms with Gasteiger partial charge in [-0.1, -0.05) is 29.8 Å². The normalized spacial score (nSPS) is 10.6. The molecule has 7 nitrogen and oxygen atoms in total. The maximum atomic E-state index is 11.6. The van der Waals surface area contributed by atoms with E-state index >= 15 is 0 Å². The Bertz CT molecular complexity index is 1010. The van der Waals surface area contributed by atoms with E-state index in [1.54, 1.807) is 37.3 Å². The predicted molar refractivity (Wildman–Crippen MR) is 96.2 cm³/mol. The molecule has 3 aromatic rings. The first-order chi connectivity index (χ1) is 12.4. The van der Waals surface area contributed by atoms with Crippen molar-refractivity contribution >= 4 is 29.2 Å². The average Bonchev–Trinajstić information content (AvgIpc) is 3.01. The topological polar surface area (TPSA) is 105 Å². The third kappa shape index (κ3) is 3.43. The molecule has 1 amide bonds. The number of carboxylic acid groups (broad SMARTS) is 1. The van der Waals surface area contributed by atoms with Crippen LogP contribution in [-0.2, 0) is 4.79 Å². The van der Waals surface area contributed by atoms with Gasteiger partial charge in [-0.15, -0.1) is 0 Å². The zero-order chi connectivity index (χ0) is 18.8. The van der Waals surface area contributed by atoms with Crippen LogP contribution in [0.15, 0.2) is 40.9 Å². The van der Waals surface area contributed by atoms with E-state index < -0.39 is 5.97 Å². The lowest BCUT2D eigenvalue weighted by Gasteiger charge is -2.05. The second kappa shape index (κ2) is 6.97. The largest absolute Gasteiger partial charge is 0.475 e. The van der Waals surface area contributed by atoms with E-state index in [0.29, 0.717) is 27.5 Å². The number of aromatic nitrogens is 2. The van der Waals surface area contributed by atoms with Gasteiger partial charge in [0.25, 0.3) is 0 Å². The van der Waals surface area contributed by atoms with E-state index in [4.69, 9.17) is 16.0 Å². The van der Waals surface area contributed by atoms with Gasteiger partial charge in [0.1, 0.15) is 5.69 Å². The number of carbonyl (C=O) groups excluding carboxylic acids is 1. The molecule has 26 heavy (non-hydrogen) atoms. The Hall–Kier alpha value is -3.19. The van der Waals surface area contributed by atoms with E-state index in [-0.39, 0.29) is 23.3 Å². The number of oxazole rings is 1. The molecule has 2 heterocycles. The number of pyridine rings is 1. The van der Waals surface area contributed by atoms with Gasteiger partial charge < -0.3 is 14.8 Å². The molecule has 0 fully saturated rings. The fourth-order valence-corrected chi connectivity index (χ4v) is 2.66. The Labute approximate surface area is 153 Å². The van der Waals surface area contributed by atoms with Crippen molar-refractivity contribution < 1.29 is 19.1 Å². The number of benzene rings is 1. The number of carbonyl (C=O) groups is 2. The number of nitrogens with zero attached hydrogens (tertiary/aromatic N) is 2. The fraction of sp³-hybridized carbons (Fsp3) is 0.111. The van der Waals surface area contributed by atoms with Crippen LogP contribution in [0.3, 0.4) is 0 Å². The van der Waals surface area contributed by atoms with Crippen LogP contribution in [0.4, 0.5) is 5.69 Å². The quantitative estimate of drug-likeness (QED) is 0.717. The first kappa shape index (κ1) is 17.6. The van der Waals surface area contributed by atoms with Gasteiger partial charge in [0, 0.05) is 12.5 Å². The van der Waals surface area contributed by atoms with E-state index in [0.717, 1.165) is 0 Å². The Balaban J connectivity index is 2.16. The van der Waals surface area contributed by atoms with Gasteiger partial charge >= 0.3 is 5.97 Å². The number of nitrogens with one attached hydrogen (secondary N) is 1. The molecular formula is C18H14ClN3O4. The van der Waals surface area contributed by atoms with Crippen LogP contribution in [0.1, 0.15) is 23.2 Å². The highest BCUT2D eigenvalue weighted by Gasteiger charge is 2.24. The van der Waals surface area contributed by atoms with Crippen LogP contribution < -0.4 is 5.32 Å². The number of hydrogen-bond donors (Lipinski definition) is 2. The smallest absolute Gasteiger partial charge is 0.374 e. The molecule has 0 saturated heterocycles. The third-order valence-corrected chi connectivity index (χ3v) is 3.92. The summed E-state index contributed by atoms with van der Waals surface area (Å²) in [7, 11) is 0. The Morgan fingerprint density at radius 2 is 1.96 bits per heavy atom. The Morgan fingerprint density at radius 1 is 1.23 bits per heavy atom. The van der Waals surface area contributed by atoms with Gasteiger partial charge in [-0.2, -0.15) is 0 Å². The molecule has 0 saturated carbocycles. The molecule has 0 atom stereocenters. The Kier molecular flexibility index (Phi) is 4.73. The molecule has 0 unspecified atom stereocenters. The van der Waals surface area contributed by atoms with Crippen molar-refractivity contribution in [2.45, 2.75) is 13.8 Å². The van der Waals surface area contributed by atoms with Gasteiger partial charge in [0.15, 0.2) is 0 Å². The number of anilines is 1. The molecule has 8 heteroatoms. The zero-order valence-corrected chi connectivity index (χ0v) is 14.7. The number of amides is 1. The van der Waals surface area contributed by atoms with Crippen LogP contribution in [-0.4, -0.2) is 27.0 Å². The van der Waals surface area contributed by atoms with Crippen molar-refractivity contribution in [1.82, 2.24) is 9.97 Å². The van der Waals surface area contributed by atoms with Gasteiger partial charge in [-0.05, 0) is 19.1 Å². The highest BCUT2D eigenvalue weighted by Crippen LogP contribution is 2.34. The standard InChI is InChI=1S/C18H14ClN3O4/c1-9-13(7-11(8-20-9)21-10(2)23)17-22-15(16(26-17)18(24)25)12-5-3-4-6-14(12)19/h3-8H,1-2H3,(H,21,23)(H,24,25). The molecule has 132 valence electrons. The molecule has 0 aliphatic carbocycles. The summed E-state index contributed by atoms with van der Waals surface area (Å²) in [6.45, 7) is 3.11. The van der Waals surface area contributed by atoms with Gasteiger partial charge in [0.2, 0.25) is 17.6 Å². The molecule has 0 radical (unpaired) electrons. The summed E-state index contributed by atoms with van der Waals surface area (Å²) >= 11 is 6.17. The second-order valence-electron chi connectivity index (χ2n) is 5.52. The van der Waals surface area contributed by atoms with Gasteiger partial charge in [-0.25, -0.2) is 9.78 Å². The maximum absolute atomic E-state index is 11.6. The summed E-state index contributed by atoms with van der Waals surface area (Å²) in [5, 5.41) is 12.4. The van der Waals surface area contributed by atoms with Crippen molar-refractivity contribution in [3.63, 3.8) is 0 Å². The highest BCUT2D eigenvalue weighted by atomic mass is 35.5. The summed E-state index contributed by atoms with van der Waals surface area (Å²) in [6.07, 6.45) is 1.50. The molecular weight excluding hydrogens is 358 g/mol. The average molecular weight is 372 g/mol. The van der Waals surface area contributed by atoms with E-state index in [1.165, 1.54) is 13.1 Å². The number of carboxylic acids is 1. The van der Waals surface area contributed by atoms with Crippen molar-refractivity contribution in [3.8, 4) is 22.7 Å². The van der Waals surface area contributed by atoms with Crippen molar-refractivity contribution in [1.29, 1.82) is 0 Å². The van der Waals surface area contributed by atoms with Crippen LogP contribution in [0.2, 0.25) is 5.02 Å². The molecule has 0 bridgehead atoms.